The van der Waals surface area contributed by atoms with E-state index in [1.807, 2.05) is 25.7 Å². The number of piperidine rings is 1. The molecule has 0 saturated carbocycles. The molecule has 0 aliphatic carbocycles. The van der Waals surface area contributed by atoms with Crippen molar-refractivity contribution in [3.8, 4) is 0 Å². The first-order valence-electron chi connectivity index (χ1n) is 12.0. The standard InChI is InChI=1S/C23H37N5O6/c1-14(2)15(3)34-23(33)26-10-8-25(9-11-26)22(32)28-19(21(30)31)18(20(28)29)12-17-6-5-7-27(13-17)16(4)24/h14-15,17-19H,4-13,24H2,1-3H3,(H,30,31). The van der Waals surface area contributed by atoms with Crippen LogP contribution in [0.25, 0.3) is 0 Å². The molecule has 4 amide bonds. The number of piperazine rings is 1. The third-order valence-electron chi connectivity index (χ3n) is 7.22. The van der Waals surface area contributed by atoms with E-state index in [-0.39, 0.29) is 44.1 Å². The number of carboxylic acids is 1. The summed E-state index contributed by atoms with van der Waals surface area (Å²) in [6, 6.07) is -1.79. The van der Waals surface area contributed by atoms with E-state index in [0.29, 0.717) is 18.8 Å². The van der Waals surface area contributed by atoms with Crippen LogP contribution in [0.3, 0.4) is 0 Å². The van der Waals surface area contributed by atoms with Crippen LogP contribution in [0.15, 0.2) is 12.4 Å². The first-order chi connectivity index (χ1) is 16.0. The number of urea groups is 1. The molecule has 4 atom stereocenters. The molecule has 3 fully saturated rings. The van der Waals surface area contributed by atoms with Crippen molar-refractivity contribution in [3.05, 3.63) is 12.4 Å². The average molecular weight is 480 g/mol. The molecule has 0 aromatic rings. The molecular weight excluding hydrogens is 442 g/mol. The number of aliphatic carboxylic acids is 1. The summed E-state index contributed by atoms with van der Waals surface area (Å²) in [5.74, 6) is -1.59. The smallest absolute Gasteiger partial charge is 0.410 e. The minimum atomic E-state index is -1.18. The van der Waals surface area contributed by atoms with Crippen LogP contribution in [0.2, 0.25) is 0 Å². The molecule has 190 valence electrons. The quantitative estimate of drug-likeness (QED) is 0.545. The Bertz CT molecular complexity index is 825. The molecule has 0 aromatic carbocycles. The number of hydrogen-bond donors (Lipinski definition) is 2. The lowest BCUT2D eigenvalue weighted by Gasteiger charge is -2.47. The summed E-state index contributed by atoms with van der Waals surface area (Å²) in [7, 11) is 0. The van der Waals surface area contributed by atoms with Crippen molar-refractivity contribution in [1.29, 1.82) is 0 Å². The Hall–Kier alpha value is -2.98. The minimum Gasteiger partial charge on any atom is -0.480 e. The fourth-order valence-electron chi connectivity index (χ4n) is 4.75. The van der Waals surface area contributed by atoms with Crippen molar-refractivity contribution in [1.82, 2.24) is 19.6 Å². The van der Waals surface area contributed by atoms with Crippen LogP contribution < -0.4 is 5.73 Å². The molecule has 11 heteroatoms. The van der Waals surface area contributed by atoms with Crippen LogP contribution in [0.4, 0.5) is 9.59 Å². The van der Waals surface area contributed by atoms with Crippen molar-refractivity contribution < 1.29 is 29.0 Å². The molecular formula is C23H37N5O6. The highest BCUT2D eigenvalue weighted by molar-refractivity contribution is 6.07. The molecule has 3 saturated heterocycles. The number of nitrogens with zero attached hydrogens (tertiary/aromatic N) is 4. The lowest BCUT2D eigenvalue weighted by atomic mass is 9.78. The minimum absolute atomic E-state index is 0.116. The Balaban J connectivity index is 1.56. The van der Waals surface area contributed by atoms with Gasteiger partial charge < -0.3 is 30.3 Å². The fraction of sp³-hybridized carbons (Fsp3) is 0.739. The summed E-state index contributed by atoms with van der Waals surface area (Å²) in [6.07, 6.45) is 1.51. The van der Waals surface area contributed by atoms with Gasteiger partial charge in [-0.05, 0) is 38.0 Å². The predicted octanol–water partition coefficient (Wildman–Crippen LogP) is 1.35. The van der Waals surface area contributed by atoms with Crippen molar-refractivity contribution in [2.75, 3.05) is 39.3 Å². The van der Waals surface area contributed by atoms with Gasteiger partial charge in [0.05, 0.1) is 11.7 Å². The fourth-order valence-corrected chi connectivity index (χ4v) is 4.75. The zero-order chi connectivity index (χ0) is 25.2. The number of carbonyl (C=O) groups excluding carboxylic acids is 3. The van der Waals surface area contributed by atoms with Gasteiger partial charge in [0.2, 0.25) is 5.91 Å². The summed E-state index contributed by atoms with van der Waals surface area (Å²) < 4.78 is 5.43. The number of β-lactam (4-membered cyclic amide) rings is 1. The number of carbonyl (C=O) groups is 4. The van der Waals surface area contributed by atoms with Gasteiger partial charge in [-0.3, -0.25) is 4.79 Å². The summed E-state index contributed by atoms with van der Waals surface area (Å²) in [4.78, 5) is 56.0. The molecule has 3 heterocycles. The molecule has 4 unspecified atom stereocenters. The van der Waals surface area contributed by atoms with E-state index in [1.165, 1.54) is 9.80 Å². The van der Waals surface area contributed by atoms with Gasteiger partial charge in [0.15, 0.2) is 6.04 Å². The summed E-state index contributed by atoms with van der Waals surface area (Å²) >= 11 is 0. The Morgan fingerprint density at radius 2 is 1.71 bits per heavy atom. The van der Waals surface area contributed by atoms with Gasteiger partial charge in [-0.2, -0.15) is 0 Å². The highest BCUT2D eigenvalue weighted by Crippen LogP contribution is 2.36. The number of likely N-dealkylation sites (tertiary alicyclic amines) is 2. The number of nitrogens with two attached hydrogens (primary N) is 1. The molecule has 3 aliphatic rings. The molecule has 0 spiro atoms. The Morgan fingerprint density at radius 1 is 1.09 bits per heavy atom. The second-order valence-electron chi connectivity index (χ2n) is 9.87. The maximum absolute atomic E-state index is 13.0. The molecule has 3 aliphatic heterocycles. The SMILES string of the molecule is C=C(N)N1CCCC(CC2C(=O)N(C(=O)N3CCN(C(=O)OC(C)C(C)C)CC3)C2C(=O)O)C1. The largest absolute Gasteiger partial charge is 0.480 e. The predicted molar refractivity (Wildman–Crippen MR) is 123 cm³/mol. The van der Waals surface area contributed by atoms with E-state index in [9.17, 15) is 24.3 Å². The monoisotopic (exact) mass is 479 g/mol. The van der Waals surface area contributed by atoms with Crippen molar-refractivity contribution in [2.45, 2.75) is 52.2 Å². The van der Waals surface area contributed by atoms with Gasteiger partial charge in [-0.15, -0.1) is 0 Å². The molecule has 0 bridgehead atoms. The highest BCUT2D eigenvalue weighted by atomic mass is 16.6. The number of amides is 4. The number of rotatable bonds is 6. The number of hydrogen-bond acceptors (Lipinski definition) is 7. The van der Waals surface area contributed by atoms with E-state index in [1.54, 1.807) is 0 Å². The normalized spacial score (nSPS) is 26.2. The van der Waals surface area contributed by atoms with Gasteiger partial charge in [0, 0.05) is 39.3 Å². The molecule has 34 heavy (non-hydrogen) atoms. The van der Waals surface area contributed by atoms with Crippen LogP contribution in [-0.4, -0.2) is 100 Å². The third-order valence-corrected chi connectivity index (χ3v) is 7.22. The van der Waals surface area contributed by atoms with E-state index in [0.717, 1.165) is 24.3 Å². The summed E-state index contributed by atoms with van der Waals surface area (Å²) in [5, 5.41) is 9.77. The van der Waals surface area contributed by atoms with E-state index in [4.69, 9.17) is 10.5 Å². The van der Waals surface area contributed by atoms with Gasteiger partial charge in [0.25, 0.3) is 0 Å². The van der Waals surface area contributed by atoms with E-state index >= 15 is 0 Å². The third kappa shape index (κ3) is 5.39. The first kappa shape index (κ1) is 25.6. The second kappa shape index (κ2) is 10.5. The summed E-state index contributed by atoms with van der Waals surface area (Å²) in [5.41, 5.74) is 5.80. The van der Waals surface area contributed by atoms with Crippen LogP contribution >= 0.6 is 0 Å². The van der Waals surface area contributed by atoms with Gasteiger partial charge >= 0.3 is 18.1 Å². The van der Waals surface area contributed by atoms with E-state index < -0.39 is 36.0 Å². The number of ether oxygens (including phenoxy) is 1. The van der Waals surface area contributed by atoms with Crippen molar-refractivity contribution >= 4 is 24.0 Å². The van der Waals surface area contributed by atoms with Gasteiger partial charge in [0.1, 0.15) is 6.10 Å². The first-order valence-corrected chi connectivity index (χ1v) is 12.0. The zero-order valence-corrected chi connectivity index (χ0v) is 20.3. The van der Waals surface area contributed by atoms with Gasteiger partial charge in [-0.1, -0.05) is 20.4 Å². The molecule has 3 rings (SSSR count). The maximum Gasteiger partial charge on any atom is 0.410 e. The van der Waals surface area contributed by atoms with Crippen molar-refractivity contribution in [3.63, 3.8) is 0 Å². The van der Waals surface area contributed by atoms with Crippen LogP contribution in [0, 0.1) is 17.8 Å². The van der Waals surface area contributed by atoms with Crippen molar-refractivity contribution in [2.24, 2.45) is 23.5 Å². The molecule has 0 aromatic heterocycles. The highest BCUT2D eigenvalue weighted by Gasteiger charge is 2.56. The lowest BCUT2D eigenvalue weighted by Crippen LogP contribution is -2.69. The molecule has 3 N–H and O–H groups in total. The zero-order valence-electron chi connectivity index (χ0n) is 20.3. The molecule has 0 radical (unpaired) electrons. The Labute approximate surface area is 200 Å². The number of carboxylic acid groups (broad SMARTS) is 1. The van der Waals surface area contributed by atoms with Crippen LogP contribution in [0.5, 0.6) is 0 Å². The summed E-state index contributed by atoms with van der Waals surface area (Å²) in [6.45, 7) is 11.9. The maximum atomic E-state index is 13.0. The van der Waals surface area contributed by atoms with Crippen LogP contribution in [0.1, 0.15) is 40.0 Å². The lowest BCUT2D eigenvalue weighted by molar-refractivity contribution is -0.167. The van der Waals surface area contributed by atoms with Gasteiger partial charge in [-0.25, -0.2) is 19.3 Å². The molecule has 11 nitrogen and oxygen atoms in total. The van der Waals surface area contributed by atoms with E-state index in [2.05, 4.69) is 6.58 Å². The Kier molecular flexibility index (Phi) is 7.93. The second-order valence-corrected chi connectivity index (χ2v) is 9.87. The van der Waals surface area contributed by atoms with Crippen LogP contribution in [-0.2, 0) is 14.3 Å². The Morgan fingerprint density at radius 3 is 2.26 bits per heavy atom. The number of imide groups is 1. The topological polar surface area (TPSA) is 137 Å². The average Bonchev–Trinajstić information content (AvgIpc) is 2.80.